The van der Waals surface area contributed by atoms with E-state index in [0.29, 0.717) is 17.9 Å². The van der Waals surface area contributed by atoms with Gasteiger partial charge in [-0.05, 0) is 12.0 Å². The van der Waals surface area contributed by atoms with Crippen LogP contribution in [0.15, 0.2) is 30.3 Å². The molecule has 3 fully saturated rings. The molecule has 2 heterocycles. The second-order valence-electron chi connectivity index (χ2n) is 4.65. The lowest BCUT2D eigenvalue weighted by Crippen LogP contribution is -2.60. The maximum absolute atomic E-state index is 11.3. The first-order chi connectivity index (χ1) is 7.33. The average Bonchev–Trinajstić information content (AvgIpc) is 2.27. The second-order valence-corrected chi connectivity index (χ2v) is 4.65. The molecular formula is C13H15NO. The minimum absolute atomic E-state index is 0.459. The fourth-order valence-corrected chi connectivity index (χ4v) is 2.81. The second kappa shape index (κ2) is 3.46. The zero-order valence-corrected chi connectivity index (χ0v) is 8.73. The maximum Gasteiger partial charge on any atom is 0.136 e. The van der Waals surface area contributed by atoms with Crippen LogP contribution in [0.25, 0.3) is 0 Å². The van der Waals surface area contributed by atoms with E-state index in [1.165, 1.54) is 12.0 Å². The van der Waals surface area contributed by atoms with Gasteiger partial charge in [0.25, 0.3) is 0 Å². The monoisotopic (exact) mass is 201 g/mol. The highest BCUT2D eigenvalue weighted by Crippen LogP contribution is 2.37. The smallest absolute Gasteiger partial charge is 0.136 e. The van der Waals surface area contributed by atoms with Gasteiger partial charge in [0.2, 0.25) is 0 Å². The van der Waals surface area contributed by atoms with E-state index >= 15 is 0 Å². The Morgan fingerprint density at radius 3 is 2.47 bits per heavy atom. The summed E-state index contributed by atoms with van der Waals surface area (Å²) < 4.78 is 0. The Balaban J connectivity index is 1.69. The molecule has 0 spiro atoms. The largest absolute Gasteiger partial charge is 0.300 e. The van der Waals surface area contributed by atoms with Gasteiger partial charge in [-0.2, -0.15) is 0 Å². The summed E-state index contributed by atoms with van der Waals surface area (Å²) in [6, 6.07) is 11.6. The molecule has 2 unspecified atom stereocenters. The van der Waals surface area contributed by atoms with Crippen molar-refractivity contribution in [3.05, 3.63) is 35.9 Å². The lowest BCUT2D eigenvalue weighted by molar-refractivity contribution is -0.134. The lowest BCUT2D eigenvalue weighted by Gasteiger charge is -2.52. The molecule has 2 bridgehead atoms. The normalized spacial score (nSPS) is 30.0. The Labute approximate surface area is 89.9 Å². The minimum Gasteiger partial charge on any atom is -0.300 e. The highest BCUT2D eigenvalue weighted by atomic mass is 16.1. The molecule has 2 nitrogen and oxygen atoms in total. The van der Waals surface area contributed by atoms with Gasteiger partial charge >= 0.3 is 0 Å². The molecule has 0 aromatic heterocycles. The summed E-state index contributed by atoms with van der Waals surface area (Å²) in [5.74, 6) is 0.459. The number of benzene rings is 1. The molecule has 15 heavy (non-hydrogen) atoms. The van der Waals surface area contributed by atoms with Gasteiger partial charge in [0.1, 0.15) is 5.78 Å². The number of ketones is 1. The van der Waals surface area contributed by atoms with Crippen LogP contribution in [0, 0.1) is 0 Å². The number of fused-ring (bicyclic) bond motifs is 2. The Kier molecular flexibility index (Phi) is 2.10. The first-order valence-corrected chi connectivity index (χ1v) is 5.64. The summed E-state index contributed by atoms with van der Waals surface area (Å²) in [7, 11) is 0. The number of piperidine rings is 1. The fraction of sp³-hybridized carbons (Fsp3) is 0.462. The standard InChI is InChI=1S/C13H15NO/c15-13-7-11-6-12(8-13)14(11)9-10-4-2-1-3-5-10/h1-5,11-12H,6-9H2. The molecule has 1 aromatic carbocycles. The Morgan fingerprint density at radius 1 is 1.13 bits per heavy atom. The van der Waals surface area contributed by atoms with E-state index in [9.17, 15) is 4.79 Å². The first kappa shape index (κ1) is 9.10. The lowest BCUT2D eigenvalue weighted by atomic mass is 9.78. The van der Waals surface area contributed by atoms with Crippen LogP contribution in [0.1, 0.15) is 24.8 Å². The topological polar surface area (TPSA) is 20.3 Å². The third kappa shape index (κ3) is 1.59. The third-order valence-electron chi connectivity index (χ3n) is 3.62. The van der Waals surface area contributed by atoms with Gasteiger partial charge in [0.15, 0.2) is 0 Å². The molecular weight excluding hydrogens is 186 g/mol. The Bertz CT molecular complexity index is 359. The first-order valence-electron chi connectivity index (χ1n) is 5.64. The van der Waals surface area contributed by atoms with Crippen LogP contribution in [0.5, 0.6) is 0 Å². The number of carbonyl (C=O) groups excluding carboxylic acids is 1. The molecule has 2 heteroatoms. The van der Waals surface area contributed by atoms with Gasteiger partial charge in [-0.25, -0.2) is 0 Å². The van der Waals surface area contributed by atoms with Crippen molar-refractivity contribution in [2.75, 3.05) is 0 Å². The quantitative estimate of drug-likeness (QED) is 0.729. The number of carbonyl (C=O) groups is 1. The number of nitrogens with zero attached hydrogens (tertiary/aromatic N) is 1. The van der Waals surface area contributed by atoms with Crippen LogP contribution < -0.4 is 0 Å². The van der Waals surface area contributed by atoms with Crippen molar-refractivity contribution in [3.63, 3.8) is 0 Å². The highest BCUT2D eigenvalue weighted by molar-refractivity contribution is 5.81. The van der Waals surface area contributed by atoms with Gasteiger partial charge in [0, 0.05) is 31.5 Å². The van der Waals surface area contributed by atoms with Gasteiger partial charge in [-0.3, -0.25) is 9.69 Å². The number of hydrogen-bond acceptors (Lipinski definition) is 2. The number of rotatable bonds is 2. The van der Waals surface area contributed by atoms with Crippen molar-refractivity contribution in [2.45, 2.75) is 37.9 Å². The summed E-state index contributed by atoms with van der Waals surface area (Å²) in [6.45, 7) is 1.02. The summed E-state index contributed by atoms with van der Waals surface area (Å²) in [4.78, 5) is 13.8. The van der Waals surface area contributed by atoms with Crippen molar-refractivity contribution >= 4 is 5.78 Å². The van der Waals surface area contributed by atoms with Gasteiger partial charge < -0.3 is 0 Å². The van der Waals surface area contributed by atoms with Crippen molar-refractivity contribution in [1.29, 1.82) is 0 Å². The summed E-state index contributed by atoms with van der Waals surface area (Å²) in [6.07, 6.45) is 2.80. The van der Waals surface area contributed by atoms with Gasteiger partial charge in [-0.15, -0.1) is 0 Å². The highest BCUT2D eigenvalue weighted by Gasteiger charge is 2.44. The van der Waals surface area contributed by atoms with E-state index in [0.717, 1.165) is 19.4 Å². The molecule has 2 atom stereocenters. The average molecular weight is 201 g/mol. The van der Waals surface area contributed by atoms with Crippen LogP contribution in [0.2, 0.25) is 0 Å². The fourth-order valence-electron chi connectivity index (χ4n) is 2.81. The van der Waals surface area contributed by atoms with Gasteiger partial charge in [0.05, 0.1) is 0 Å². The zero-order valence-electron chi connectivity index (χ0n) is 8.73. The van der Waals surface area contributed by atoms with Gasteiger partial charge in [-0.1, -0.05) is 30.3 Å². The molecule has 3 aliphatic rings. The SMILES string of the molecule is O=C1CC2CC(C1)N2Cc1ccccc1. The van der Waals surface area contributed by atoms with E-state index in [-0.39, 0.29) is 0 Å². The van der Waals surface area contributed by atoms with E-state index < -0.39 is 0 Å². The molecule has 0 amide bonds. The van der Waals surface area contributed by atoms with Crippen molar-refractivity contribution in [3.8, 4) is 0 Å². The van der Waals surface area contributed by atoms with E-state index in [1.807, 2.05) is 6.07 Å². The molecule has 0 N–H and O–H groups in total. The van der Waals surface area contributed by atoms with Crippen LogP contribution in [0.3, 0.4) is 0 Å². The molecule has 1 saturated carbocycles. The van der Waals surface area contributed by atoms with E-state index in [4.69, 9.17) is 0 Å². The van der Waals surface area contributed by atoms with Crippen LogP contribution >= 0.6 is 0 Å². The molecule has 2 aliphatic heterocycles. The predicted molar refractivity (Wildman–Crippen MR) is 58.4 cm³/mol. The minimum atomic E-state index is 0.459. The molecule has 1 aliphatic carbocycles. The summed E-state index contributed by atoms with van der Waals surface area (Å²) in [5, 5.41) is 0. The zero-order chi connectivity index (χ0) is 10.3. The van der Waals surface area contributed by atoms with E-state index in [1.54, 1.807) is 0 Å². The molecule has 1 aromatic rings. The van der Waals surface area contributed by atoms with Crippen LogP contribution in [-0.2, 0) is 11.3 Å². The van der Waals surface area contributed by atoms with Crippen LogP contribution in [0.4, 0.5) is 0 Å². The van der Waals surface area contributed by atoms with Crippen molar-refractivity contribution in [2.24, 2.45) is 0 Å². The maximum atomic E-state index is 11.3. The molecule has 78 valence electrons. The predicted octanol–water partition coefficient (Wildman–Crippen LogP) is 1.99. The van der Waals surface area contributed by atoms with E-state index in [2.05, 4.69) is 29.2 Å². The summed E-state index contributed by atoms with van der Waals surface area (Å²) >= 11 is 0. The molecule has 4 rings (SSSR count). The summed E-state index contributed by atoms with van der Waals surface area (Å²) in [5.41, 5.74) is 1.36. The third-order valence-corrected chi connectivity index (χ3v) is 3.62. The Morgan fingerprint density at radius 2 is 1.80 bits per heavy atom. The molecule has 2 saturated heterocycles. The molecule has 0 radical (unpaired) electrons. The van der Waals surface area contributed by atoms with Crippen LogP contribution in [-0.4, -0.2) is 22.8 Å². The number of hydrogen-bond donors (Lipinski definition) is 0. The number of Topliss-reactive ketones (excluding diaryl/α,β-unsaturated/α-hetero) is 1. The van der Waals surface area contributed by atoms with Crippen molar-refractivity contribution in [1.82, 2.24) is 4.90 Å². The Hall–Kier alpha value is -1.15. The van der Waals surface area contributed by atoms with Crippen molar-refractivity contribution < 1.29 is 4.79 Å².